The number of hydrogen-bond acceptors (Lipinski definition) is 5. The molecule has 0 bridgehead atoms. The number of nitrogens with two attached hydrogens (primary N) is 1. The number of nitrogen functional groups attached to an aromatic ring is 1. The molecule has 0 aliphatic rings. The maximum absolute atomic E-state index is 12.0. The number of sulfonamides is 1. The minimum Gasteiger partial charge on any atom is -0.394 e. The minimum atomic E-state index is -3.46. The first-order valence-corrected chi connectivity index (χ1v) is 7.30. The molecule has 0 atom stereocenters. The topological polar surface area (TPSA) is 103 Å². The average Bonchev–Trinajstić information content (AvgIpc) is 2.69. The van der Waals surface area contributed by atoms with Gasteiger partial charge < -0.3 is 5.73 Å². The Bertz CT molecular complexity index is 631. The summed E-state index contributed by atoms with van der Waals surface area (Å²) in [5, 5.41) is 3.88. The van der Waals surface area contributed by atoms with E-state index < -0.39 is 10.0 Å². The molecule has 2 rings (SSSR count). The lowest BCUT2D eigenvalue weighted by molar-refractivity contribution is 0.599. The van der Waals surface area contributed by atoms with Gasteiger partial charge in [0.1, 0.15) is 0 Å². The Labute approximate surface area is 111 Å². The highest BCUT2D eigenvalue weighted by atomic mass is 32.2. The van der Waals surface area contributed by atoms with Crippen LogP contribution in [-0.4, -0.2) is 28.9 Å². The largest absolute Gasteiger partial charge is 0.394 e. The van der Waals surface area contributed by atoms with Gasteiger partial charge in [0, 0.05) is 19.4 Å². The normalized spacial score (nSPS) is 11.4. The molecule has 0 saturated heterocycles. The second-order valence-corrected chi connectivity index (χ2v) is 5.94. The molecular weight excluding hydrogens is 266 g/mol. The lowest BCUT2D eigenvalue weighted by Crippen LogP contribution is -2.20. The number of pyridine rings is 1. The second kappa shape index (κ2) is 5.27. The highest BCUT2D eigenvalue weighted by Crippen LogP contribution is 2.17. The lowest BCUT2D eigenvalue weighted by atomic mass is 10.2. The predicted octanol–water partition coefficient (Wildman–Crippen LogP) is 0.382. The molecule has 0 fully saturated rings. The van der Waals surface area contributed by atoms with E-state index in [1.807, 2.05) is 0 Å². The third-order valence-corrected chi connectivity index (χ3v) is 3.87. The van der Waals surface area contributed by atoms with Crippen LogP contribution in [0.3, 0.4) is 0 Å². The second-order valence-electron chi connectivity index (χ2n) is 4.10. The molecule has 0 aliphatic carbocycles. The summed E-state index contributed by atoms with van der Waals surface area (Å²) in [6.07, 6.45) is 5.08. The summed E-state index contributed by atoms with van der Waals surface area (Å²) in [5.74, 6) is 0.261. The summed E-state index contributed by atoms with van der Waals surface area (Å²) >= 11 is 0. The molecule has 19 heavy (non-hydrogen) atoms. The van der Waals surface area contributed by atoms with E-state index in [0.717, 1.165) is 5.56 Å². The molecule has 0 spiro atoms. The number of nitrogens with one attached hydrogen (secondary N) is 1. The molecule has 0 radical (unpaired) electrons. The van der Waals surface area contributed by atoms with Gasteiger partial charge in [0.05, 0.1) is 17.6 Å². The first-order valence-electron chi connectivity index (χ1n) is 5.65. The zero-order valence-corrected chi connectivity index (χ0v) is 11.3. The number of aryl methyl sites for hydroxylation is 2. The van der Waals surface area contributed by atoms with Crippen molar-refractivity contribution in [2.45, 2.75) is 6.42 Å². The van der Waals surface area contributed by atoms with Gasteiger partial charge in [0.2, 0.25) is 10.0 Å². The van der Waals surface area contributed by atoms with Crippen molar-refractivity contribution < 1.29 is 8.42 Å². The summed E-state index contributed by atoms with van der Waals surface area (Å²) < 4.78 is 27.7. The molecule has 3 N–H and O–H groups in total. The van der Waals surface area contributed by atoms with Crippen LogP contribution in [-0.2, 0) is 23.5 Å². The van der Waals surface area contributed by atoms with Gasteiger partial charge in [-0.15, -0.1) is 0 Å². The van der Waals surface area contributed by atoms with Gasteiger partial charge in [-0.1, -0.05) is 0 Å². The van der Waals surface area contributed by atoms with Crippen LogP contribution in [0.25, 0.3) is 0 Å². The molecule has 7 nitrogen and oxygen atoms in total. The van der Waals surface area contributed by atoms with Crippen molar-refractivity contribution in [3.05, 3.63) is 36.3 Å². The summed E-state index contributed by atoms with van der Waals surface area (Å²) in [6, 6.07) is 3.57. The fraction of sp³-hybridized carbons (Fsp3) is 0.273. The lowest BCUT2D eigenvalue weighted by Gasteiger charge is -2.09. The van der Waals surface area contributed by atoms with Crippen molar-refractivity contribution >= 4 is 21.5 Å². The van der Waals surface area contributed by atoms with Crippen molar-refractivity contribution in [1.29, 1.82) is 0 Å². The van der Waals surface area contributed by atoms with Crippen LogP contribution in [0.2, 0.25) is 0 Å². The molecule has 2 aromatic heterocycles. The van der Waals surface area contributed by atoms with Gasteiger partial charge in [0.15, 0.2) is 5.82 Å². The van der Waals surface area contributed by atoms with Gasteiger partial charge in [-0.05, 0) is 24.1 Å². The Morgan fingerprint density at radius 1 is 1.37 bits per heavy atom. The zero-order chi connectivity index (χ0) is 13.9. The van der Waals surface area contributed by atoms with E-state index in [9.17, 15) is 8.42 Å². The summed E-state index contributed by atoms with van der Waals surface area (Å²) in [7, 11) is -1.84. The summed E-state index contributed by atoms with van der Waals surface area (Å²) in [5.41, 5.74) is 6.85. The SMILES string of the molecule is Cn1ncc(N)c1NS(=O)(=O)CCc1ccncc1. The molecule has 0 unspecified atom stereocenters. The first-order chi connectivity index (χ1) is 8.98. The fourth-order valence-electron chi connectivity index (χ4n) is 1.58. The van der Waals surface area contributed by atoms with Gasteiger partial charge in [-0.2, -0.15) is 5.10 Å². The molecular formula is C11H15N5O2S. The van der Waals surface area contributed by atoms with Crippen LogP contribution in [0.15, 0.2) is 30.7 Å². The number of hydrogen-bond donors (Lipinski definition) is 2. The van der Waals surface area contributed by atoms with Crippen molar-refractivity contribution in [3.63, 3.8) is 0 Å². The highest BCUT2D eigenvalue weighted by Gasteiger charge is 2.15. The number of rotatable bonds is 5. The third kappa shape index (κ3) is 3.44. The molecule has 0 aliphatic heterocycles. The number of anilines is 2. The Balaban J connectivity index is 2.04. The van der Waals surface area contributed by atoms with Gasteiger partial charge in [-0.3, -0.25) is 14.4 Å². The van der Waals surface area contributed by atoms with Crippen molar-refractivity contribution in [2.75, 3.05) is 16.2 Å². The van der Waals surface area contributed by atoms with Crippen molar-refractivity contribution in [2.24, 2.45) is 7.05 Å². The minimum absolute atomic E-state index is 0.0262. The molecule has 2 heterocycles. The van der Waals surface area contributed by atoms with E-state index in [0.29, 0.717) is 12.1 Å². The third-order valence-electron chi connectivity index (χ3n) is 2.63. The van der Waals surface area contributed by atoms with Crippen LogP contribution in [0.5, 0.6) is 0 Å². The van der Waals surface area contributed by atoms with Gasteiger partial charge in [-0.25, -0.2) is 8.42 Å². The van der Waals surface area contributed by atoms with Crippen molar-refractivity contribution in [1.82, 2.24) is 14.8 Å². The number of nitrogens with zero attached hydrogens (tertiary/aromatic N) is 3. The molecule has 102 valence electrons. The predicted molar refractivity (Wildman–Crippen MR) is 73.0 cm³/mol. The zero-order valence-electron chi connectivity index (χ0n) is 10.4. The maximum atomic E-state index is 12.0. The summed E-state index contributed by atoms with van der Waals surface area (Å²) in [4.78, 5) is 3.88. The monoisotopic (exact) mass is 281 g/mol. The summed E-state index contributed by atoms with van der Waals surface area (Å²) in [6.45, 7) is 0. The quantitative estimate of drug-likeness (QED) is 0.824. The van der Waals surface area contributed by atoms with Crippen molar-refractivity contribution in [3.8, 4) is 0 Å². The highest BCUT2D eigenvalue weighted by molar-refractivity contribution is 7.92. The first kappa shape index (κ1) is 13.3. The van der Waals surface area contributed by atoms with E-state index in [4.69, 9.17) is 5.73 Å². The van der Waals surface area contributed by atoms with E-state index in [-0.39, 0.29) is 11.6 Å². The van der Waals surface area contributed by atoms with Crippen LogP contribution < -0.4 is 10.5 Å². The van der Waals surface area contributed by atoms with E-state index in [1.54, 1.807) is 31.6 Å². The van der Waals surface area contributed by atoms with Gasteiger partial charge in [0.25, 0.3) is 0 Å². The average molecular weight is 281 g/mol. The maximum Gasteiger partial charge on any atom is 0.234 e. The molecule has 0 aromatic carbocycles. The van der Waals surface area contributed by atoms with E-state index in [1.165, 1.54) is 10.9 Å². The molecule has 0 amide bonds. The van der Waals surface area contributed by atoms with Crippen LogP contribution in [0.1, 0.15) is 5.56 Å². The standard InChI is InChI=1S/C11H15N5O2S/c1-16-11(10(12)8-14-16)15-19(17,18)7-4-9-2-5-13-6-3-9/h2-3,5-6,8,15H,4,7,12H2,1H3. The molecule has 8 heteroatoms. The van der Waals surface area contributed by atoms with E-state index in [2.05, 4.69) is 14.8 Å². The fourth-order valence-corrected chi connectivity index (χ4v) is 2.73. The van der Waals surface area contributed by atoms with Crippen LogP contribution >= 0.6 is 0 Å². The van der Waals surface area contributed by atoms with Crippen LogP contribution in [0.4, 0.5) is 11.5 Å². The molecule has 0 saturated carbocycles. The Kier molecular flexibility index (Phi) is 3.70. The Morgan fingerprint density at radius 2 is 2.05 bits per heavy atom. The van der Waals surface area contributed by atoms with Crippen LogP contribution in [0, 0.1) is 0 Å². The smallest absolute Gasteiger partial charge is 0.234 e. The van der Waals surface area contributed by atoms with Gasteiger partial charge >= 0.3 is 0 Å². The Morgan fingerprint density at radius 3 is 2.63 bits per heavy atom. The Hall–Kier alpha value is -2.09. The van der Waals surface area contributed by atoms with E-state index >= 15 is 0 Å². The molecule has 2 aromatic rings. The number of aromatic nitrogens is 3.